The second-order valence-electron chi connectivity index (χ2n) is 9.19. The first-order valence-electron chi connectivity index (χ1n) is 12.5. The molecule has 1 aliphatic heterocycles. The highest BCUT2D eigenvalue weighted by Gasteiger charge is 2.24. The predicted octanol–water partition coefficient (Wildman–Crippen LogP) is 3.67. The molecule has 1 aliphatic carbocycles. The van der Waals surface area contributed by atoms with E-state index >= 15 is 0 Å². The molecule has 8 heteroatoms. The molecule has 0 atom stereocenters. The second-order valence-corrected chi connectivity index (χ2v) is 10.3. The summed E-state index contributed by atoms with van der Waals surface area (Å²) >= 11 is 1.69. The zero-order valence-corrected chi connectivity index (χ0v) is 20.9. The van der Waals surface area contributed by atoms with Crippen LogP contribution >= 0.6 is 11.3 Å². The van der Waals surface area contributed by atoms with Gasteiger partial charge in [-0.1, -0.05) is 0 Å². The summed E-state index contributed by atoms with van der Waals surface area (Å²) in [5.74, 6) is 0.811. The monoisotopic (exact) mass is 479 g/mol. The molecule has 1 aromatic carbocycles. The molecule has 7 nitrogen and oxygen atoms in total. The van der Waals surface area contributed by atoms with E-state index in [2.05, 4.69) is 28.6 Å². The smallest absolute Gasteiger partial charge is 0.259 e. The number of H-pyrrole nitrogens is 1. The average Bonchev–Trinajstić information content (AvgIpc) is 3.24. The highest BCUT2D eigenvalue weighted by Crippen LogP contribution is 2.33. The molecule has 3 heterocycles. The maximum atomic E-state index is 13.0. The highest BCUT2D eigenvalue weighted by atomic mass is 32.1. The topological polar surface area (TPSA) is 72.5 Å². The number of nitrogens with one attached hydrogen (secondary N) is 1. The molecule has 2 aromatic heterocycles. The maximum Gasteiger partial charge on any atom is 0.259 e. The van der Waals surface area contributed by atoms with Crippen molar-refractivity contribution in [1.29, 1.82) is 0 Å². The van der Waals surface area contributed by atoms with Crippen LogP contribution in [0.4, 0.5) is 5.69 Å². The minimum atomic E-state index is 0.00127. The van der Waals surface area contributed by atoms with Gasteiger partial charge in [0.2, 0.25) is 0 Å². The number of carbonyl (C=O) groups is 1. The fourth-order valence-electron chi connectivity index (χ4n) is 5.19. The Morgan fingerprint density at radius 1 is 1.06 bits per heavy atom. The minimum Gasteiger partial charge on any atom is -0.372 e. The third-order valence-electron chi connectivity index (χ3n) is 7.15. The number of amides is 1. The van der Waals surface area contributed by atoms with Crippen molar-refractivity contribution in [2.75, 3.05) is 44.2 Å². The van der Waals surface area contributed by atoms with Gasteiger partial charge in [-0.05, 0) is 69.4 Å². The number of aryl methyl sites for hydroxylation is 2. The summed E-state index contributed by atoms with van der Waals surface area (Å²) < 4.78 is 0. The van der Waals surface area contributed by atoms with Crippen molar-refractivity contribution >= 4 is 33.1 Å². The van der Waals surface area contributed by atoms with E-state index in [0.29, 0.717) is 19.6 Å². The summed E-state index contributed by atoms with van der Waals surface area (Å²) in [5.41, 5.74) is 3.11. The molecule has 0 spiro atoms. The van der Waals surface area contributed by atoms with Crippen molar-refractivity contribution in [3.05, 3.63) is 56.4 Å². The van der Waals surface area contributed by atoms with E-state index in [0.717, 1.165) is 72.7 Å². The Morgan fingerprint density at radius 3 is 2.47 bits per heavy atom. The average molecular weight is 480 g/mol. The van der Waals surface area contributed by atoms with Crippen LogP contribution in [0.5, 0.6) is 0 Å². The van der Waals surface area contributed by atoms with E-state index in [9.17, 15) is 9.59 Å². The van der Waals surface area contributed by atoms with Gasteiger partial charge in [0.1, 0.15) is 10.7 Å². The van der Waals surface area contributed by atoms with Crippen LogP contribution in [0.2, 0.25) is 0 Å². The van der Waals surface area contributed by atoms with Gasteiger partial charge >= 0.3 is 0 Å². The molecule has 0 saturated carbocycles. The van der Waals surface area contributed by atoms with Gasteiger partial charge in [0.05, 0.1) is 11.9 Å². The van der Waals surface area contributed by atoms with Crippen LogP contribution in [0.25, 0.3) is 10.2 Å². The van der Waals surface area contributed by atoms with E-state index in [4.69, 9.17) is 4.98 Å². The molecular formula is C26H33N5O2S. The number of hydrogen-bond donors (Lipinski definition) is 1. The van der Waals surface area contributed by atoms with E-state index in [1.165, 1.54) is 16.9 Å². The molecule has 0 unspecified atom stereocenters. The van der Waals surface area contributed by atoms with Gasteiger partial charge < -0.3 is 14.8 Å². The minimum absolute atomic E-state index is 0.00127. The predicted molar refractivity (Wildman–Crippen MR) is 138 cm³/mol. The fourth-order valence-corrected chi connectivity index (χ4v) is 6.47. The number of rotatable bonds is 6. The Morgan fingerprint density at radius 2 is 1.76 bits per heavy atom. The molecule has 3 aromatic rings. The van der Waals surface area contributed by atoms with Gasteiger partial charge in [-0.3, -0.25) is 14.5 Å². The SMILES string of the molecule is CCN(CC)c1ccc(C(=O)N2CCN(Cc3nc4sc5c(c4c(=O)[nH]3)CCCC5)CC2)cc1. The lowest BCUT2D eigenvalue weighted by molar-refractivity contribution is 0.0625. The largest absolute Gasteiger partial charge is 0.372 e. The summed E-state index contributed by atoms with van der Waals surface area (Å²) in [6, 6.07) is 7.95. The van der Waals surface area contributed by atoms with Crippen molar-refractivity contribution in [3.8, 4) is 0 Å². The molecule has 1 saturated heterocycles. The number of fused-ring (bicyclic) bond motifs is 3. The van der Waals surface area contributed by atoms with Crippen LogP contribution in [0.3, 0.4) is 0 Å². The van der Waals surface area contributed by atoms with Crippen LogP contribution in [-0.2, 0) is 19.4 Å². The number of aromatic nitrogens is 2. The Kier molecular flexibility index (Phi) is 6.70. The number of piperazine rings is 1. The van der Waals surface area contributed by atoms with Crippen LogP contribution in [0, 0.1) is 0 Å². The zero-order valence-electron chi connectivity index (χ0n) is 20.1. The number of aromatic amines is 1. The summed E-state index contributed by atoms with van der Waals surface area (Å²) in [6.45, 7) is 9.68. The molecule has 1 amide bonds. The first kappa shape index (κ1) is 23.1. The lowest BCUT2D eigenvalue weighted by atomic mass is 9.97. The van der Waals surface area contributed by atoms with Gasteiger partial charge in [0.25, 0.3) is 11.5 Å². The third kappa shape index (κ3) is 4.49. The van der Waals surface area contributed by atoms with Gasteiger partial charge in [0, 0.05) is 55.4 Å². The molecule has 0 bridgehead atoms. The molecular weight excluding hydrogens is 446 g/mol. The summed E-state index contributed by atoms with van der Waals surface area (Å²) in [5, 5.41) is 0.811. The molecule has 1 N–H and O–H groups in total. The van der Waals surface area contributed by atoms with Gasteiger partial charge in [-0.25, -0.2) is 4.98 Å². The number of nitrogens with zero attached hydrogens (tertiary/aromatic N) is 4. The Bertz CT molecular complexity index is 1220. The van der Waals surface area contributed by atoms with Crippen LogP contribution in [-0.4, -0.2) is 64.9 Å². The molecule has 34 heavy (non-hydrogen) atoms. The van der Waals surface area contributed by atoms with Crippen molar-refractivity contribution in [3.63, 3.8) is 0 Å². The number of anilines is 1. The highest BCUT2D eigenvalue weighted by molar-refractivity contribution is 7.18. The number of thiophene rings is 1. The van der Waals surface area contributed by atoms with Crippen molar-refractivity contribution in [2.24, 2.45) is 0 Å². The lowest BCUT2D eigenvalue weighted by Crippen LogP contribution is -2.48. The molecule has 0 radical (unpaired) electrons. The molecule has 2 aliphatic rings. The lowest BCUT2D eigenvalue weighted by Gasteiger charge is -2.34. The number of benzene rings is 1. The maximum absolute atomic E-state index is 13.0. The first-order chi connectivity index (χ1) is 16.6. The van der Waals surface area contributed by atoms with E-state index in [1.807, 2.05) is 29.2 Å². The Balaban J connectivity index is 1.21. The van der Waals surface area contributed by atoms with Crippen LogP contribution < -0.4 is 10.5 Å². The van der Waals surface area contributed by atoms with Crippen molar-refractivity contribution < 1.29 is 4.79 Å². The van der Waals surface area contributed by atoms with Crippen molar-refractivity contribution in [1.82, 2.24) is 19.8 Å². The van der Waals surface area contributed by atoms with E-state index < -0.39 is 0 Å². The fraction of sp³-hybridized carbons (Fsp3) is 0.500. The third-order valence-corrected chi connectivity index (χ3v) is 8.34. The summed E-state index contributed by atoms with van der Waals surface area (Å²) in [4.78, 5) is 42.4. The van der Waals surface area contributed by atoms with Crippen LogP contribution in [0.15, 0.2) is 29.1 Å². The summed E-state index contributed by atoms with van der Waals surface area (Å²) in [7, 11) is 0. The molecule has 1 fully saturated rings. The number of hydrogen-bond acceptors (Lipinski definition) is 6. The second kappa shape index (κ2) is 9.88. The van der Waals surface area contributed by atoms with E-state index in [-0.39, 0.29) is 11.5 Å². The molecule has 180 valence electrons. The Hall–Kier alpha value is -2.71. The zero-order chi connectivity index (χ0) is 23.7. The molecule has 5 rings (SSSR count). The van der Waals surface area contributed by atoms with Crippen LogP contribution in [0.1, 0.15) is 53.3 Å². The van der Waals surface area contributed by atoms with Crippen molar-refractivity contribution in [2.45, 2.75) is 46.1 Å². The van der Waals surface area contributed by atoms with Gasteiger partial charge in [-0.15, -0.1) is 11.3 Å². The number of carbonyl (C=O) groups excluding carboxylic acids is 1. The first-order valence-corrected chi connectivity index (χ1v) is 13.3. The summed E-state index contributed by atoms with van der Waals surface area (Å²) in [6.07, 6.45) is 4.42. The quantitative estimate of drug-likeness (QED) is 0.584. The normalized spacial score (nSPS) is 16.6. The van der Waals surface area contributed by atoms with Gasteiger partial charge in [-0.2, -0.15) is 0 Å². The standard InChI is InChI=1S/C26H33N5O2S/c1-3-30(4-2)19-11-9-18(10-12-19)26(33)31-15-13-29(14-16-31)17-22-27-24(32)23-20-7-5-6-8-21(20)34-25(23)28-22/h9-12H,3-8,13-17H2,1-2H3,(H,27,28,32). The Labute approximate surface area is 204 Å². The van der Waals surface area contributed by atoms with Gasteiger partial charge in [0.15, 0.2) is 0 Å². The van der Waals surface area contributed by atoms with E-state index in [1.54, 1.807) is 11.3 Å².